The second-order valence-electron chi connectivity index (χ2n) is 9.75. The number of carbonyl (C=O) groups excluding carboxylic acids is 1. The third kappa shape index (κ3) is 4.18. The van der Waals surface area contributed by atoms with E-state index in [-0.39, 0.29) is 23.1 Å². The summed E-state index contributed by atoms with van der Waals surface area (Å²) in [5.74, 6) is 1.34. The molecule has 0 radical (unpaired) electrons. The lowest BCUT2D eigenvalue weighted by molar-refractivity contribution is 0.104. The lowest BCUT2D eigenvalue weighted by Gasteiger charge is -2.24. The molecule has 0 amide bonds. The van der Waals surface area contributed by atoms with Crippen LogP contribution < -0.4 is 10.1 Å². The molecule has 2 heterocycles. The van der Waals surface area contributed by atoms with Crippen molar-refractivity contribution in [2.75, 3.05) is 5.32 Å². The summed E-state index contributed by atoms with van der Waals surface area (Å²) in [7, 11) is 0. The first-order valence-corrected chi connectivity index (χ1v) is 12.9. The molecule has 4 aromatic carbocycles. The highest BCUT2D eigenvalue weighted by molar-refractivity contribution is 6.28. The third-order valence-corrected chi connectivity index (χ3v) is 6.96. The van der Waals surface area contributed by atoms with E-state index in [1.807, 2.05) is 67.6 Å². The minimum atomic E-state index is -0.178. The van der Waals surface area contributed by atoms with Crippen molar-refractivity contribution in [2.45, 2.75) is 6.92 Å². The molecular weight excluding hydrogens is 516 g/mol. The number of ether oxygens (including phenoxy) is 1. The number of phenols is 2. The van der Waals surface area contributed by atoms with Gasteiger partial charge in [0.1, 0.15) is 28.6 Å². The Morgan fingerprint density at radius 3 is 2.41 bits per heavy atom. The van der Waals surface area contributed by atoms with Crippen molar-refractivity contribution in [2.24, 2.45) is 0 Å². The number of phenolic OH excluding ortho intramolecular Hbond substituents is 2. The Balaban J connectivity index is 1.57. The minimum absolute atomic E-state index is 0.0830. The standard InChI is InChI=1S/C33H22N4O4/c1-18-7-6-8-20(15-18)41-26-17-24(35-27-11-4-5-14-34-27)28-29-30(21-9-2-3-10-22(21)32(28)40)36-33(37-31(26)29)23-13-12-19(38)16-25(23)39/h2-17,38-39H,1H3,(H,34,35). The molecule has 8 heteroatoms. The van der Waals surface area contributed by atoms with E-state index in [1.54, 1.807) is 24.4 Å². The Bertz CT molecular complexity index is 2010. The Hall–Kier alpha value is -5.76. The van der Waals surface area contributed by atoms with Crippen LogP contribution in [-0.4, -0.2) is 30.9 Å². The van der Waals surface area contributed by atoms with Gasteiger partial charge in [0.25, 0.3) is 0 Å². The van der Waals surface area contributed by atoms with Gasteiger partial charge >= 0.3 is 0 Å². The van der Waals surface area contributed by atoms with Crippen LogP contribution in [-0.2, 0) is 0 Å². The van der Waals surface area contributed by atoms with Gasteiger partial charge in [0.2, 0.25) is 0 Å². The number of rotatable bonds is 5. The zero-order chi connectivity index (χ0) is 28.1. The number of nitrogens with one attached hydrogen (secondary N) is 1. The molecule has 198 valence electrons. The van der Waals surface area contributed by atoms with E-state index in [0.717, 1.165) is 5.56 Å². The summed E-state index contributed by atoms with van der Waals surface area (Å²) in [6.45, 7) is 1.97. The quantitative estimate of drug-likeness (QED) is 0.211. The number of carbonyl (C=O) groups is 1. The fourth-order valence-corrected chi connectivity index (χ4v) is 5.12. The first-order valence-electron chi connectivity index (χ1n) is 12.9. The van der Waals surface area contributed by atoms with Gasteiger partial charge in [-0.05, 0) is 48.9 Å². The van der Waals surface area contributed by atoms with Crippen LogP contribution in [0, 0.1) is 6.92 Å². The molecular formula is C33H22N4O4. The van der Waals surface area contributed by atoms with Gasteiger partial charge in [0, 0.05) is 34.8 Å². The minimum Gasteiger partial charge on any atom is -0.508 e. The second kappa shape index (κ2) is 9.46. The molecule has 0 spiro atoms. The maximum absolute atomic E-state index is 14.0. The molecule has 0 aliphatic heterocycles. The largest absolute Gasteiger partial charge is 0.508 e. The van der Waals surface area contributed by atoms with Crippen molar-refractivity contribution in [3.8, 4) is 45.6 Å². The fraction of sp³-hybridized carbons (Fsp3) is 0.0303. The Labute approximate surface area is 234 Å². The number of benzene rings is 4. The average Bonchev–Trinajstić information content (AvgIpc) is 2.97. The number of ketones is 1. The summed E-state index contributed by atoms with van der Waals surface area (Å²) in [5.41, 5.74) is 4.33. The smallest absolute Gasteiger partial charge is 0.196 e. The number of aromatic nitrogens is 3. The Morgan fingerprint density at radius 1 is 0.805 bits per heavy atom. The molecule has 3 N–H and O–H groups in total. The molecule has 0 atom stereocenters. The van der Waals surface area contributed by atoms with E-state index < -0.39 is 0 Å². The van der Waals surface area contributed by atoms with Crippen LogP contribution in [0.4, 0.5) is 11.5 Å². The number of nitrogens with zero attached hydrogens (tertiary/aromatic N) is 3. The van der Waals surface area contributed by atoms with Crippen LogP contribution in [0.1, 0.15) is 21.5 Å². The summed E-state index contributed by atoms with van der Waals surface area (Å²) in [6.07, 6.45) is 1.67. The van der Waals surface area contributed by atoms with Gasteiger partial charge in [-0.25, -0.2) is 15.0 Å². The van der Waals surface area contributed by atoms with Crippen LogP contribution in [0.25, 0.3) is 33.5 Å². The SMILES string of the molecule is Cc1cccc(Oc2cc(Nc3ccccn3)c3c4c(nc(-c5ccc(O)cc5O)nc24)-c2ccccc2C3=O)c1. The molecule has 6 aromatic rings. The molecule has 0 bridgehead atoms. The molecule has 2 aromatic heterocycles. The fourth-order valence-electron chi connectivity index (χ4n) is 5.12. The highest BCUT2D eigenvalue weighted by Crippen LogP contribution is 2.47. The first-order chi connectivity index (χ1) is 20.0. The highest BCUT2D eigenvalue weighted by atomic mass is 16.5. The second-order valence-corrected chi connectivity index (χ2v) is 9.75. The van der Waals surface area contributed by atoms with E-state index in [1.165, 1.54) is 12.1 Å². The van der Waals surface area contributed by atoms with Gasteiger partial charge in [-0.1, -0.05) is 42.5 Å². The van der Waals surface area contributed by atoms with Crippen LogP contribution in [0.15, 0.2) is 97.2 Å². The molecule has 1 aliphatic rings. The highest BCUT2D eigenvalue weighted by Gasteiger charge is 2.32. The number of fused-ring (bicyclic) bond motifs is 2. The number of hydrogen-bond acceptors (Lipinski definition) is 8. The Kier molecular flexibility index (Phi) is 5.60. The molecule has 0 saturated heterocycles. The van der Waals surface area contributed by atoms with Crippen LogP contribution in [0.2, 0.25) is 0 Å². The number of aryl methyl sites for hydroxylation is 1. The predicted octanol–water partition coefficient (Wildman–Crippen LogP) is 7.16. The van der Waals surface area contributed by atoms with Crippen molar-refractivity contribution in [3.63, 3.8) is 0 Å². The molecule has 7 rings (SSSR count). The van der Waals surface area contributed by atoms with E-state index in [0.29, 0.717) is 61.9 Å². The van der Waals surface area contributed by atoms with Crippen molar-refractivity contribution in [3.05, 3.63) is 114 Å². The van der Waals surface area contributed by atoms with E-state index in [4.69, 9.17) is 14.7 Å². The maximum Gasteiger partial charge on any atom is 0.196 e. The molecule has 0 fully saturated rings. The molecule has 41 heavy (non-hydrogen) atoms. The van der Waals surface area contributed by atoms with Crippen molar-refractivity contribution in [1.82, 2.24) is 15.0 Å². The summed E-state index contributed by atoms with van der Waals surface area (Å²) in [5, 5.41) is 24.4. The number of anilines is 2. The van der Waals surface area contributed by atoms with E-state index in [2.05, 4.69) is 10.3 Å². The zero-order valence-corrected chi connectivity index (χ0v) is 21.8. The van der Waals surface area contributed by atoms with Gasteiger partial charge in [-0.2, -0.15) is 0 Å². The molecule has 8 nitrogen and oxygen atoms in total. The summed E-state index contributed by atoms with van der Waals surface area (Å²) < 4.78 is 6.43. The third-order valence-electron chi connectivity index (χ3n) is 6.96. The van der Waals surface area contributed by atoms with Gasteiger partial charge in [-0.15, -0.1) is 0 Å². The van der Waals surface area contributed by atoms with Gasteiger partial charge in [-0.3, -0.25) is 4.79 Å². The zero-order valence-electron chi connectivity index (χ0n) is 21.8. The van der Waals surface area contributed by atoms with Gasteiger partial charge < -0.3 is 20.3 Å². The number of pyridine rings is 1. The topological polar surface area (TPSA) is 117 Å². The van der Waals surface area contributed by atoms with Gasteiger partial charge in [0.15, 0.2) is 17.4 Å². The predicted molar refractivity (Wildman–Crippen MR) is 156 cm³/mol. The van der Waals surface area contributed by atoms with E-state index >= 15 is 0 Å². The molecule has 0 saturated carbocycles. The lowest BCUT2D eigenvalue weighted by atomic mass is 9.85. The van der Waals surface area contributed by atoms with Crippen LogP contribution in [0.3, 0.4) is 0 Å². The average molecular weight is 539 g/mol. The van der Waals surface area contributed by atoms with Crippen molar-refractivity contribution in [1.29, 1.82) is 0 Å². The van der Waals surface area contributed by atoms with E-state index in [9.17, 15) is 15.0 Å². The number of hydrogen-bond donors (Lipinski definition) is 3. The Morgan fingerprint density at radius 2 is 1.63 bits per heavy atom. The number of aromatic hydroxyl groups is 2. The first kappa shape index (κ1) is 24.3. The lowest BCUT2D eigenvalue weighted by Crippen LogP contribution is -2.15. The normalized spacial score (nSPS) is 11.8. The van der Waals surface area contributed by atoms with Crippen molar-refractivity contribution < 1.29 is 19.7 Å². The molecule has 0 unspecified atom stereocenters. The monoisotopic (exact) mass is 538 g/mol. The van der Waals surface area contributed by atoms with Crippen molar-refractivity contribution >= 4 is 28.2 Å². The summed E-state index contributed by atoms with van der Waals surface area (Å²) in [4.78, 5) is 28.1. The maximum atomic E-state index is 14.0. The van der Waals surface area contributed by atoms with Crippen LogP contribution in [0.5, 0.6) is 23.0 Å². The van der Waals surface area contributed by atoms with Crippen LogP contribution >= 0.6 is 0 Å². The molecule has 1 aliphatic carbocycles. The van der Waals surface area contributed by atoms with Gasteiger partial charge in [0.05, 0.1) is 22.5 Å². The summed E-state index contributed by atoms with van der Waals surface area (Å²) >= 11 is 0. The summed E-state index contributed by atoms with van der Waals surface area (Å²) in [6, 6.07) is 26.4.